The predicted molar refractivity (Wildman–Crippen MR) is 571 cm³/mol. The zero-order valence-electron chi connectivity index (χ0n) is 81.8. The summed E-state index contributed by atoms with van der Waals surface area (Å²) in [5.74, 6) is -3.51. The Bertz CT molecular complexity index is 7280. The van der Waals surface area contributed by atoms with E-state index in [0.29, 0.717) is 98.0 Å². The van der Waals surface area contributed by atoms with Crippen molar-refractivity contribution in [1.82, 2.24) is 19.6 Å². The number of aromatic nitrogens is 4. The molecule has 15 aromatic rings. The Labute approximate surface area is 847 Å². The first-order chi connectivity index (χ1) is 68.6. The number of benzene rings is 10. The standard InChI is InChI=1S/C25H24N4O.C22H20N4O2S.C20H20N2O.C16H14N2O3S.C14H12N2O2S.C11H12O3.C5H8O2/c1-17-22(18(2)29(28-17)21-8-4-3-5-9-21)16-19-12-14-20(15-13-19)25(30)27-24-11-7-6-10-23(24)26;1-13-19(29-22(20(13)24-3)25-14(2)27)12-15-8-10-16(11-9-15)21(28)26-18-7-5-4-6-17(18)23;1-14-20(13-17-9-11-18(12-10-17)16(3)23)15(2)22(21-14)19-7-5-4-6-8-19;1-9-13(22-15(14(9)17-3)18-10(2)19)8-11-4-6-12(7-5-11)16(20)21;1-8-11(19-13(15)12(8)16-2)7-9-3-5-10(6-4-9)14(17)18;1-8(12)2-3-9-4-6-10(7-5-9)11(13)14;1-4(6)3-5(2)7/h3-15H,16,26H2,1-2H3,(H,27,30);4-11H,12,23H2,1-2H3,(H,25,27)(H,26,28);4-12H,13H2,1-3H3;4-7H,8H2,1-2H3,(H,18,19)(H,20,21);3-6H,7,15H2,1H3,(H,17,18);4-7H,2-3H2,1H3,(H,13,14);3H2,1-2H3. The second-order valence-electron chi connectivity index (χ2n) is 33.4. The van der Waals surface area contributed by atoms with Crippen LogP contribution in [0.3, 0.4) is 0 Å². The zero-order chi connectivity index (χ0) is 105. The average Bonchev–Trinajstić information content (AvgIpc) is 1.65. The second-order valence-corrected chi connectivity index (χ2v) is 36.8. The molecule has 13 N–H and O–H groups in total. The molecule has 5 aromatic heterocycles. The Morgan fingerprint density at radius 2 is 0.632 bits per heavy atom. The number of hydrogen-bond donors (Lipinski definition) is 10. The number of nitrogens with one attached hydrogen (secondary N) is 4. The Hall–Kier alpha value is -17.4. The number of rotatable bonds is 27. The summed E-state index contributed by atoms with van der Waals surface area (Å²) in [6.07, 6.45) is 4.73. The molecule has 0 radical (unpaired) electrons. The molecule has 734 valence electrons. The Morgan fingerprint density at radius 1 is 0.340 bits per heavy atom. The van der Waals surface area contributed by atoms with Gasteiger partial charge in [0.2, 0.25) is 28.9 Å². The molecule has 10 aromatic carbocycles. The molecule has 0 aliphatic heterocycles. The quantitative estimate of drug-likeness (QED) is 0.00989. The van der Waals surface area contributed by atoms with Crippen LogP contribution in [0.2, 0.25) is 0 Å². The van der Waals surface area contributed by atoms with Crippen LogP contribution in [0.25, 0.3) is 25.9 Å². The number of Topliss-reactive ketones (excluding diaryl/α,β-unsaturated/α-hetero) is 4. The van der Waals surface area contributed by atoms with Crippen LogP contribution in [0.15, 0.2) is 255 Å². The lowest BCUT2D eigenvalue weighted by atomic mass is 10.0. The van der Waals surface area contributed by atoms with Gasteiger partial charge in [0.05, 0.1) is 93.3 Å². The van der Waals surface area contributed by atoms with E-state index in [2.05, 4.69) is 79.0 Å². The monoisotopic (exact) mass is 1980 g/mol. The molecule has 0 unspecified atom stereocenters. The second kappa shape index (κ2) is 53.1. The van der Waals surface area contributed by atoms with Crippen LogP contribution in [0.1, 0.15) is 215 Å². The van der Waals surface area contributed by atoms with Crippen LogP contribution in [0.4, 0.5) is 54.8 Å². The molecule has 144 heavy (non-hydrogen) atoms. The number of aromatic carboxylic acids is 3. The van der Waals surface area contributed by atoms with Crippen molar-refractivity contribution in [2.75, 3.05) is 38.5 Å². The summed E-state index contributed by atoms with van der Waals surface area (Å²) in [5, 5.41) is 48.5. The van der Waals surface area contributed by atoms with Crippen molar-refractivity contribution in [2.24, 2.45) is 0 Å². The third-order valence-corrected chi connectivity index (χ3v) is 25.9. The smallest absolute Gasteiger partial charge is 0.335 e. The van der Waals surface area contributed by atoms with Gasteiger partial charge in [-0.25, -0.2) is 38.3 Å². The minimum absolute atomic E-state index is 0.0625. The maximum atomic E-state index is 12.5. The summed E-state index contributed by atoms with van der Waals surface area (Å²) in [6, 6.07) is 77.4. The summed E-state index contributed by atoms with van der Waals surface area (Å²) in [7, 11) is 0. The van der Waals surface area contributed by atoms with Crippen molar-refractivity contribution < 1.29 is 68.1 Å². The molecular weight excluding hydrogens is 1870 g/mol. The van der Waals surface area contributed by atoms with E-state index in [0.717, 1.165) is 112 Å². The van der Waals surface area contributed by atoms with Gasteiger partial charge in [-0.1, -0.05) is 146 Å². The number of carboxylic acid groups (broad SMARTS) is 3. The van der Waals surface area contributed by atoms with Gasteiger partial charge in [0.1, 0.15) is 27.4 Å². The van der Waals surface area contributed by atoms with Gasteiger partial charge in [-0.2, -0.15) is 10.2 Å². The summed E-state index contributed by atoms with van der Waals surface area (Å²) in [4.78, 5) is 135. The normalized spacial score (nSPS) is 10.2. The molecule has 15 rings (SSSR count). The number of aryl methyl sites for hydroxylation is 3. The number of carbonyl (C=O) groups is 11. The van der Waals surface area contributed by atoms with E-state index in [1.165, 1.54) is 78.4 Å². The molecule has 0 saturated carbocycles. The number of nitrogens with zero attached hydrogens (tertiary/aromatic N) is 7. The van der Waals surface area contributed by atoms with E-state index in [9.17, 15) is 52.7 Å². The summed E-state index contributed by atoms with van der Waals surface area (Å²) >= 11 is 4.21. The van der Waals surface area contributed by atoms with Crippen molar-refractivity contribution >= 4 is 153 Å². The van der Waals surface area contributed by atoms with Crippen molar-refractivity contribution in [2.45, 2.75) is 141 Å². The van der Waals surface area contributed by atoms with Gasteiger partial charge in [0, 0.05) is 106 Å². The van der Waals surface area contributed by atoms with Crippen LogP contribution in [-0.2, 0) is 62.5 Å². The number of para-hydroxylation sites is 6. The Kier molecular flexibility index (Phi) is 40.6. The summed E-state index contributed by atoms with van der Waals surface area (Å²) in [6.45, 7) is 44.4. The summed E-state index contributed by atoms with van der Waals surface area (Å²) in [5.41, 5.74) is 41.8. The molecule has 0 fully saturated rings. The fourth-order valence-corrected chi connectivity index (χ4v) is 18.1. The molecule has 0 aliphatic carbocycles. The third kappa shape index (κ3) is 32.1. The van der Waals surface area contributed by atoms with Crippen LogP contribution in [0, 0.1) is 68.2 Å². The lowest BCUT2D eigenvalue weighted by Crippen LogP contribution is -2.13. The highest BCUT2D eigenvalue weighted by molar-refractivity contribution is 7.18. The van der Waals surface area contributed by atoms with Crippen molar-refractivity contribution in [1.29, 1.82) is 0 Å². The molecule has 0 atom stereocenters. The SMILES string of the molecule is CC(=O)CC(C)=O.CC(=O)CCc1ccc(C(=O)O)cc1.CC(=O)c1ccc(Cc2c(C)nn(-c3ccccc3)c2C)cc1.Cc1nn(-c2ccccc2)c(C)c1Cc1ccc(C(=O)Nc2ccccc2N)cc1.[C-]#[N+]c1c(N)sc(Cc2ccc(C(=O)O)cc2)c1C.[C-]#[N+]c1c(NC(C)=O)sc(Cc2ccc(C(=O)Nc3ccccc3N)cc2)c1C.[C-]#[N+]c1c(NC(C)=O)sc(Cc2ccc(C(=O)O)cc2)c1C. The van der Waals surface area contributed by atoms with E-state index < -0.39 is 17.9 Å². The molecule has 5 heterocycles. The molecule has 4 amide bonds. The lowest BCUT2D eigenvalue weighted by molar-refractivity contribution is -0.125. The number of carboxylic acids is 3. The first-order valence-electron chi connectivity index (χ1n) is 45.2. The molecule has 0 saturated heterocycles. The fraction of sp³-hybridized carbons (Fsp3) is 0.186. The highest BCUT2D eigenvalue weighted by atomic mass is 32.1. The number of ketones is 4. The zero-order valence-corrected chi connectivity index (χ0v) is 84.3. The molecular formula is C113H110N14O14S3. The van der Waals surface area contributed by atoms with E-state index in [1.54, 1.807) is 123 Å². The van der Waals surface area contributed by atoms with Crippen molar-refractivity contribution in [3.05, 3.63) is 421 Å². The van der Waals surface area contributed by atoms with E-state index in [4.69, 9.17) is 57.3 Å². The molecule has 28 nitrogen and oxygen atoms in total. The molecule has 0 bridgehead atoms. The van der Waals surface area contributed by atoms with Gasteiger partial charge < -0.3 is 58.6 Å². The van der Waals surface area contributed by atoms with E-state index >= 15 is 0 Å². The highest BCUT2D eigenvalue weighted by Crippen LogP contribution is 2.43. The van der Waals surface area contributed by atoms with Crippen LogP contribution in [0.5, 0.6) is 0 Å². The molecule has 0 spiro atoms. The predicted octanol–water partition coefficient (Wildman–Crippen LogP) is 24.0. The van der Waals surface area contributed by atoms with Crippen LogP contribution < -0.4 is 38.5 Å². The number of nitrogens with two attached hydrogens (primary N) is 3. The maximum absolute atomic E-state index is 12.5. The highest BCUT2D eigenvalue weighted by Gasteiger charge is 2.23. The first-order valence-corrected chi connectivity index (χ1v) is 47.6. The van der Waals surface area contributed by atoms with Gasteiger partial charge in [-0.15, -0.1) is 34.0 Å². The minimum atomic E-state index is -0.956. The summed E-state index contributed by atoms with van der Waals surface area (Å²) < 4.78 is 3.98. The van der Waals surface area contributed by atoms with Gasteiger partial charge in [0.25, 0.3) is 11.8 Å². The van der Waals surface area contributed by atoms with Gasteiger partial charge in [-0.3, -0.25) is 33.6 Å². The van der Waals surface area contributed by atoms with E-state index in [1.807, 2.05) is 165 Å². The third-order valence-electron chi connectivity index (χ3n) is 22.4. The Morgan fingerprint density at radius 3 is 0.917 bits per heavy atom. The number of anilines is 7. The molecule has 31 heteroatoms. The van der Waals surface area contributed by atoms with Crippen molar-refractivity contribution in [3.63, 3.8) is 0 Å². The fourth-order valence-electron chi connectivity index (χ4n) is 14.6. The number of carbonyl (C=O) groups excluding carboxylic acids is 8. The molecule has 0 aliphatic rings. The number of hydrogen-bond acceptors (Lipinski definition) is 19. The first kappa shape index (κ1) is 110. The Balaban J connectivity index is 0.000000192. The number of nitrogen functional groups attached to an aromatic ring is 3. The minimum Gasteiger partial charge on any atom is -0.478 e. The van der Waals surface area contributed by atoms with Crippen LogP contribution in [-0.4, -0.2) is 99.6 Å². The van der Waals surface area contributed by atoms with Gasteiger partial charge in [0.15, 0.2) is 5.78 Å². The van der Waals surface area contributed by atoms with Crippen molar-refractivity contribution in [3.8, 4) is 11.4 Å². The number of thiophene rings is 3. The number of amides is 4. The topological polar surface area (TPSA) is 423 Å². The maximum Gasteiger partial charge on any atom is 0.335 e. The average molecular weight is 1980 g/mol. The lowest BCUT2D eigenvalue weighted by Gasteiger charge is -2.09. The largest absolute Gasteiger partial charge is 0.478 e. The van der Waals surface area contributed by atoms with Gasteiger partial charge in [-0.05, 0) is 242 Å². The van der Waals surface area contributed by atoms with Gasteiger partial charge >= 0.3 is 17.9 Å². The van der Waals surface area contributed by atoms with Crippen LogP contribution >= 0.6 is 34.0 Å². The van der Waals surface area contributed by atoms with E-state index in [-0.39, 0.29) is 69.9 Å².